The second-order valence-electron chi connectivity index (χ2n) is 5.89. The van der Waals surface area contributed by atoms with Gasteiger partial charge in [-0.3, -0.25) is 15.0 Å². The van der Waals surface area contributed by atoms with Crippen LogP contribution in [-0.2, 0) is 0 Å². The van der Waals surface area contributed by atoms with Gasteiger partial charge in [-0.25, -0.2) is 0 Å². The van der Waals surface area contributed by atoms with E-state index in [9.17, 15) is 10.1 Å². The molecule has 0 spiro atoms. The third kappa shape index (κ3) is 3.12. The predicted octanol–water partition coefficient (Wildman–Crippen LogP) is 1.54. The Hall–Kier alpha value is -0.600. The zero-order valence-electron chi connectivity index (χ0n) is 12.5. The Morgan fingerprint density at radius 1 is 1.33 bits per heavy atom. The maximum absolute atomic E-state index is 11.5. The number of hydrogen-bond donors (Lipinski definition) is 0. The first-order chi connectivity index (χ1) is 10.1. The average molecular weight is 330 g/mol. The number of nitro groups is 1. The summed E-state index contributed by atoms with van der Waals surface area (Å²) in [6, 6.07) is 0.330. The topological polar surface area (TPSA) is 52.9 Å². The smallest absolute Gasteiger partial charge is 0.300 e. The van der Waals surface area contributed by atoms with E-state index in [0.717, 1.165) is 32.1 Å². The van der Waals surface area contributed by atoms with Crippen LogP contribution in [0.4, 0.5) is 0 Å². The zero-order valence-corrected chi connectivity index (χ0v) is 14.2. The van der Waals surface area contributed by atoms with E-state index >= 15 is 0 Å². The van der Waals surface area contributed by atoms with Gasteiger partial charge in [0.25, 0.3) is 5.70 Å². The van der Waals surface area contributed by atoms with Crippen molar-refractivity contribution in [3.05, 3.63) is 21.6 Å². The highest BCUT2D eigenvalue weighted by atomic mass is 32.2. The van der Waals surface area contributed by atoms with Gasteiger partial charge in [-0.05, 0) is 13.8 Å². The van der Waals surface area contributed by atoms with Gasteiger partial charge in [0.15, 0.2) is 5.82 Å². The lowest BCUT2D eigenvalue weighted by atomic mass is 10.2. The minimum atomic E-state index is -0.176. The van der Waals surface area contributed by atoms with Crippen LogP contribution < -0.4 is 0 Å². The van der Waals surface area contributed by atoms with Gasteiger partial charge in [-0.1, -0.05) is 0 Å². The summed E-state index contributed by atoms with van der Waals surface area (Å²) in [5, 5.41) is 11.5. The quantitative estimate of drug-likeness (QED) is 0.572. The van der Waals surface area contributed by atoms with Crippen LogP contribution in [0.25, 0.3) is 0 Å². The van der Waals surface area contributed by atoms with E-state index in [-0.39, 0.29) is 4.92 Å². The highest BCUT2D eigenvalue weighted by Gasteiger charge is 2.40. The molecule has 6 nitrogen and oxygen atoms in total. The van der Waals surface area contributed by atoms with Crippen LogP contribution in [0.2, 0.25) is 0 Å². The molecule has 0 aromatic rings. The Morgan fingerprint density at radius 2 is 2.05 bits per heavy atom. The third-order valence-electron chi connectivity index (χ3n) is 4.21. The Labute approximate surface area is 134 Å². The Morgan fingerprint density at radius 3 is 2.67 bits per heavy atom. The first-order valence-electron chi connectivity index (χ1n) is 7.41. The molecule has 0 unspecified atom stereocenters. The molecule has 0 aromatic heterocycles. The Balaban J connectivity index is 1.81. The fourth-order valence-electron chi connectivity index (χ4n) is 3.04. The van der Waals surface area contributed by atoms with E-state index < -0.39 is 0 Å². The molecule has 0 aromatic carbocycles. The number of fused-ring (bicyclic) bond motifs is 1. The summed E-state index contributed by atoms with van der Waals surface area (Å²) >= 11 is 3.97. The predicted molar refractivity (Wildman–Crippen MR) is 87.7 cm³/mol. The summed E-state index contributed by atoms with van der Waals surface area (Å²) in [5.74, 6) is 3.29. The van der Waals surface area contributed by atoms with Gasteiger partial charge in [-0.2, -0.15) is 0 Å². The Bertz CT molecular complexity index is 451. The minimum Gasteiger partial charge on any atom is -0.349 e. The molecule has 0 bridgehead atoms. The minimum absolute atomic E-state index is 0.176. The summed E-state index contributed by atoms with van der Waals surface area (Å²) in [6.45, 7) is 8.21. The third-order valence-corrected chi connectivity index (χ3v) is 7.21. The van der Waals surface area contributed by atoms with E-state index in [2.05, 4.69) is 28.5 Å². The molecule has 0 atom stereocenters. The van der Waals surface area contributed by atoms with Gasteiger partial charge in [0.1, 0.15) is 0 Å². The molecular formula is C13H22N4O2S2. The normalized spacial score (nSPS) is 24.3. The van der Waals surface area contributed by atoms with E-state index in [4.69, 9.17) is 0 Å². The first kappa shape index (κ1) is 15.3. The second kappa shape index (κ2) is 6.26. The molecule has 2 saturated heterocycles. The lowest BCUT2D eigenvalue weighted by Crippen LogP contribution is -2.48. The fraction of sp³-hybridized carbons (Fsp3) is 0.846. The largest absolute Gasteiger partial charge is 0.349 e. The standard InChI is InChI=1S/C13H22N4O2S2/c1-10(2)16-7-11(17(18)19)13-14(3-4-15(13)9-16)8-12-20-5-6-21-12/h10,12H,3-9H2,1-2H3. The van der Waals surface area contributed by atoms with Crippen LogP contribution >= 0.6 is 23.5 Å². The van der Waals surface area contributed by atoms with Gasteiger partial charge in [-0.15, -0.1) is 23.5 Å². The van der Waals surface area contributed by atoms with E-state index in [1.807, 2.05) is 23.5 Å². The van der Waals surface area contributed by atoms with Crippen LogP contribution in [0, 0.1) is 10.1 Å². The molecule has 0 saturated carbocycles. The van der Waals surface area contributed by atoms with Crippen molar-refractivity contribution in [1.29, 1.82) is 0 Å². The molecule has 0 amide bonds. The molecule has 3 heterocycles. The molecule has 0 N–H and O–H groups in total. The van der Waals surface area contributed by atoms with Crippen molar-refractivity contribution < 1.29 is 4.92 Å². The van der Waals surface area contributed by atoms with Crippen LogP contribution in [0.3, 0.4) is 0 Å². The average Bonchev–Trinajstić information content (AvgIpc) is 3.08. The second-order valence-corrected chi connectivity index (χ2v) is 8.81. The Kier molecular flexibility index (Phi) is 4.56. The van der Waals surface area contributed by atoms with Gasteiger partial charge < -0.3 is 9.80 Å². The van der Waals surface area contributed by atoms with Crippen LogP contribution in [0.5, 0.6) is 0 Å². The lowest BCUT2D eigenvalue weighted by Gasteiger charge is -2.37. The van der Waals surface area contributed by atoms with Crippen LogP contribution in [0.15, 0.2) is 11.5 Å². The number of hydrogen-bond acceptors (Lipinski definition) is 7. The first-order valence-corrected chi connectivity index (χ1v) is 9.50. The van der Waals surface area contributed by atoms with E-state index in [1.54, 1.807) is 0 Å². The molecule has 21 heavy (non-hydrogen) atoms. The molecule has 3 aliphatic heterocycles. The van der Waals surface area contributed by atoms with Gasteiger partial charge >= 0.3 is 0 Å². The lowest BCUT2D eigenvalue weighted by molar-refractivity contribution is -0.433. The van der Waals surface area contributed by atoms with E-state index in [1.165, 1.54) is 11.5 Å². The van der Waals surface area contributed by atoms with Crippen LogP contribution in [0.1, 0.15) is 13.8 Å². The van der Waals surface area contributed by atoms with Crippen molar-refractivity contribution in [2.45, 2.75) is 24.5 Å². The zero-order chi connectivity index (χ0) is 15.0. The monoisotopic (exact) mass is 330 g/mol. The summed E-state index contributed by atoms with van der Waals surface area (Å²) in [6.07, 6.45) is 0. The van der Waals surface area contributed by atoms with E-state index in [0.29, 0.717) is 22.9 Å². The summed E-state index contributed by atoms with van der Waals surface area (Å²) < 4.78 is 0.564. The molecular weight excluding hydrogens is 308 g/mol. The van der Waals surface area contributed by atoms with Crippen molar-refractivity contribution in [2.24, 2.45) is 0 Å². The van der Waals surface area contributed by atoms with Crippen molar-refractivity contribution in [3.8, 4) is 0 Å². The van der Waals surface area contributed by atoms with Gasteiger partial charge in [0.05, 0.1) is 22.7 Å². The van der Waals surface area contributed by atoms with Crippen molar-refractivity contribution in [1.82, 2.24) is 14.7 Å². The van der Waals surface area contributed by atoms with Crippen molar-refractivity contribution >= 4 is 23.5 Å². The molecule has 0 aliphatic carbocycles. The maximum Gasteiger partial charge on any atom is 0.300 e. The maximum atomic E-state index is 11.5. The molecule has 8 heteroatoms. The van der Waals surface area contributed by atoms with Crippen molar-refractivity contribution in [2.75, 3.05) is 44.4 Å². The number of nitrogens with zero attached hydrogens (tertiary/aromatic N) is 4. The number of rotatable bonds is 4. The van der Waals surface area contributed by atoms with Crippen LogP contribution in [-0.4, -0.2) is 74.6 Å². The molecule has 3 aliphatic rings. The summed E-state index contributed by atoms with van der Waals surface area (Å²) in [5.41, 5.74) is 0.375. The van der Waals surface area contributed by atoms with Gasteiger partial charge in [0, 0.05) is 37.2 Å². The number of thioether (sulfide) groups is 2. The summed E-state index contributed by atoms with van der Waals surface area (Å²) in [7, 11) is 0. The SMILES string of the molecule is CC(C)N1CC([N+](=O)[O-])=C2N(CC3SCCS3)CCN2C1. The molecule has 2 fully saturated rings. The fourth-order valence-corrected chi connectivity index (χ4v) is 5.87. The molecule has 0 radical (unpaired) electrons. The van der Waals surface area contributed by atoms with Crippen molar-refractivity contribution in [3.63, 3.8) is 0 Å². The highest BCUT2D eigenvalue weighted by molar-refractivity contribution is 8.20. The highest BCUT2D eigenvalue weighted by Crippen LogP contribution is 2.35. The molecule has 3 rings (SSSR count). The van der Waals surface area contributed by atoms with Gasteiger partial charge in [0.2, 0.25) is 0 Å². The summed E-state index contributed by atoms with van der Waals surface area (Å²) in [4.78, 5) is 17.9. The molecule has 118 valence electrons.